The maximum Gasteiger partial charge on any atom is 0.170 e. The molecule has 0 aliphatic rings. The molecule has 0 radical (unpaired) electrons. The predicted molar refractivity (Wildman–Crippen MR) is 93.1 cm³/mol. The van der Waals surface area contributed by atoms with Gasteiger partial charge in [-0.25, -0.2) is 0 Å². The fourth-order valence-electron chi connectivity index (χ4n) is 2.00. The number of anilines is 1. The van der Waals surface area contributed by atoms with Gasteiger partial charge in [-0.15, -0.1) is 0 Å². The number of rotatable bonds is 7. The number of aryl methyl sites for hydroxylation is 1. The fourth-order valence-corrected chi connectivity index (χ4v) is 2.21. The van der Waals surface area contributed by atoms with Crippen LogP contribution in [0, 0.1) is 13.8 Å². The SMILES string of the molecule is Cc1cccc(NC(=S)NCCCOCc2ccco2)c1C. The van der Waals surface area contributed by atoms with Crippen molar-refractivity contribution >= 4 is 23.0 Å². The van der Waals surface area contributed by atoms with Crippen molar-refractivity contribution in [1.29, 1.82) is 0 Å². The largest absolute Gasteiger partial charge is 0.467 e. The number of ether oxygens (including phenoxy) is 1. The summed E-state index contributed by atoms with van der Waals surface area (Å²) in [6.07, 6.45) is 2.53. The van der Waals surface area contributed by atoms with E-state index in [1.54, 1.807) is 6.26 Å². The minimum Gasteiger partial charge on any atom is -0.467 e. The molecule has 22 heavy (non-hydrogen) atoms. The van der Waals surface area contributed by atoms with Gasteiger partial charge in [-0.05, 0) is 61.8 Å². The molecular weight excluding hydrogens is 296 g/mol. The van der Waals surface area contributed by atoms with E-state index in [2.05, 4.69) is 30.5 Å². The summed E-state index contributed by atoms with van der Waals surface area (Å²) in [7, 11) is 0. The smallest absolute Gasteiger partial charge is 0.170 e. The number of benzene rings is 1. The maximum absolute atomic E-state index is 5.52. The highest BCUT2D eigenvalue weighted by molar-refractivity contribution is 7.80. The van der Waals surface area contributed by atoms with E-state index < -0.39 is 0 Å². The van der Waals surface area contributed by atoms with E-state index in [1.165, 1.54) is 11.1 Å². The lowest BCUT2D eigenvalue weighted by molar-refractivity contribution is 0.105. The second kappa shape index (κ2) is 8.56. The highest BCUT2D eigenvalue weighted by Crippen LogP contribution is 2.17. The molecule has 1 aromatic heterocycles. The third-order valence-electron chi connectivity index (χ3n) is 3.43. The summed E-state index contributed by atoms with van der Waals surface area (Å²) in [5.74, 6) is 0.847. The minimum atomic E-state index is 0.512. The molecule has 0 saturated heterocycles. The molecule has 5 heteroatoms. The van der Waals surface area contributed by atoms with E-state index in [1.807, 2.05) is 24.3 Å². The van der Waals surface area contributed by atoms with Crippen molar-refractivity contribution in [2.24, 2.45) is 0 Å². The van der Waals surface area contributed by atoms with Gasteiger partial charge < -0.3 is 19.8 Å². The predicted octanol–water partition coefficient (Wildman–Crippen LogP) is 3.79. The van der Waals surface area contributed by atoms with Gasteiger partial charge in [0.25, 0.3) is 0 Å². The van der Waals surface area contributed by atoms with Crippen molar-refractivity contribution < 1.29 is 9.15 Å². The average Bonchev–Trinajstić information content (AvgIpc) is 3.01. The zero-order chi connectivity index (χ0) is 15.8. The van der Waals surface area contributed by atoms with Crippen molar-refractivity contribution in [1.82, 2.24) is 5.32 Å². The lowest BCUT2D eigenvalue weighted by Crippen LogP contribution is -2.30. The van der Waals surface area contributed by atoms with Gasteiger partial charge in [0.15, 0.2) is 5.11 Å². The molecule has 1 heterocycles. The second-order valence-corrected chi connectivity index (χ2v) is 5.52. The Labute approximate surface area is 136 Å². The zero-order valence-corrected chi connectivity index (χ0v) is 13.8. The van der Waals surface area contributed by atoms with Crippen molar-refractivity contribution in [2.75, 3.05) is 18.5 Å². The summed E-state index contributed by atoms with van der Waals surface area (Å²) in [6, 6.07) is 9.91. The quantitative estimate of drug-likeness (QED) is 0.601. The molecular formula is C17H22N2O2S. The standard InChI is InChI=1S/C17H22N2O2S/c1-13-6-3-8-16(14(13)2)19-17(22)18-9-5-10-20-12-15-7-4-11-21-15/h3-4,6-8,11H,5,9-10,12H2,1-2H3,(H2,18,19,22). The van der Waals surface area contributed by atoms with Crippen LogP contribution in [-0.4, -0.2) is 18.3 Å². The van der Waals surface area contributed by atoms with Gasteiger partial charge in [-0.3, -0.25) is 0 Å². The van der Waals surface area contributed by atoms with Gasteiger partial charge in [-0.1, -0.05) is 12.1 Å². The molecule has 0 fully saturated rings. The molecule has 0 saturated carbocycles. The number of thiocarbonyl (C=S) groups is 1. The van der Waals surface area contributed by atoms with Crippen LogP contribution < -0.4 is 10.6 Å². The fraction of sp³-hybridized carbons (Fsp3) is 0.353. The number of hydrogen-bond donors (Lipinski definition) is 2. The van der Waals surface area contributed by atoms with Gasteiger partial charge in [0.1, 0.15) is 12.4 Å². The van der Waals surface area contributed by atoms with Crippen LogP contribution in [0.4, 0.5) is 5.69 Å². The molecule has 2 N–H and O–H groups in total. The average molecular weight is 318 g/mol. The topological polar surface area (TPSA) is 46.4 Å². The summed E-state index contributed by atoms with van der Waals surface area (Å²) in [5.41, 5.74) is 3.51. The van der Waals surface area contributed by atoms with Crippen LogP contribution in [0.3, 0.4) is 0 Å². The van der Waals surface area contributed by atoms with Gasteiger partial charge in [0.2, 0.25) is 0 Å². The summed E-state index contributed by atoms with van der Waals surface area (Å²) in [5, 5.41) is 7.06. The van der Waals surface area contributed by atoms with Crippen LogP contribution in [0.1, 0.15) is 23.3 Å². The Hall–Kier alpha value is -1.85. The van der Waals surface area contributed by atoms with Gasteiger partial charge >= 0.3 is 0 Å². The molecule has 118 valence electrons. The molecule has 1 aromatic carbocycles. The first-order chi connectivity index (χ1) is 10.7. The van der Waals surface area contributed by atoms with Crippen LogP contribution in [0.25, 0.3) is 0 Å². The van der Waals surface area contributed by atoms with Gasteiger partial charge in [0, 0.05) is 18.8 Å². The normalized spacial score (nSPS) is 10.5. The van der Waals surface area contributed by atoms with E-state index in [4.69, 9.17) is 21.4 Å². The molecule has 0 aliphatic heterocycles. The third kappa shape index (κ3) is 5.16. The Morgan fingerprint density at radius 3 is 2.86 bits per heavy atom. The van der Waals surface area contributed by atoms with Crippen molar-refractivity contribution in [3.63, 3.8) is 0 Å². The monoisotopic (exact) mass is 318 g/mol. The van der Waals surface area contributed by atoms with Gasteiger partial charge in [-0.2, -0.15) is 0 Å². The first-order valence-corrected chi connectivity index (χ1v) is 7.79. The van der Waals surface area contributed by atoms with Crippen molar-refractivity contribution in [2.45, 2.75) is 26.9 Å². The minimum absolute atomic E-state index is 0.512. The second-order valence-electron chi connectivity index (χ2n) is 5.11. The van der Waals surface area contributed by atoms with E-state index in [9.17, 15) is 0 Å². The molecule has 0 aliphatic carbocycles. The van der Waals surface area contributed by atoms with Crippen molar-refractivity contribution in [3.05, 3.63) is 53.5 Å². The molecule has 0 unspecified atom stereocenters. The molecule has 2 rings (SSSR count). The van der Waals surface area contributed by atoms with E-state index in [0.29, 0.717) is 18.3 Å². The summed E-state index contributed by atoms with van der Waals surface area (Å²) >= 11 is 5.30. The van der Waals surface area contributed by atoms with Crippen molar-refractivity contribution in [3.8, 4) is 0 Å². The molecule has 0 amide bonds. The number of furan rings is 1. The van der Waals surface area contributed by atoms with Crippen LogP contribution in [0.5, 0.6) is 0 Å². The van der Waals surface area contributed by atoms with E-state index >= 15 is 0 Å². The lowest BCUT2D eigenvalue weighted by atomic mass is 10.1. The zero-order valence-electron chi connectivity index (χ0n) is 13.0. The molecule has 0 spiro atoms. The molecule has 0 bridgehead atoms. The first kappa shape index (κ1) is 16.5. The first-order valence-electron chi connectivity index (χ1n) is 7.38. The maximum atomic E-state index is 5.52. The van der Waals surface area contributed by atoms with E-state index in [-0.39, 0.29) is 0 Å². The Bertz CT molecular complexity index is 597. The Morgan fingerprint density at radius 2 is 2.09 bits per heavy atom. The van der Waals surface area contributed by atoms with Crippen LogP contribution in [-0.2, 0) is 11.3 Å². The Kier molecular flexibility index (Phi) is 6.43. The molecule has 4 nitrogen and oxygen atoms in total. The molecule has 0 atom stereocenters. The number of hydrogen-bond acceptors (Lipinski definition) is 3. The Morgan fingerprint density at radius 1 is 1.23 bits per heavy atom. The van der Waals surface area contributed by atoms with E-state index in [0.717, 1.165) is 24.4 Å². The third-order valence-corrected chi connectivity index (χ3v) is 3.67. The Balaban J connectivity index is 1.60. The summed E-state index contributed by atoms with van der Waals surface area (Å²) in [6.45, 7) is 6.13. The highest BCUT2D eigenvalue weighted by Gasteiger charge is 2.02. The van der Waals surface area contributed by atoms with Crippen LogP contribution in [0.2, 0.25) is 0 Å². The lowest BCUT2D eigenvalue weighted by Gasteiger charge is -2.13. The summed E-state index contributed by atoms with van der Waals surface area (Å²) < 4.78 is 10.7. The molecule has 2 aromatic rings. The summed E-state index contributed by atoms with van der Waals surface area (Å²) in [4.78, 5) is 0. The van der Waals surface area contributed by atoms with Crippen LogP contribution >= 0.6 is 12.2 Å². The van der Waals surface area contributed by atoms with Crippen LogP contribution in [0.15, 0.2) is 41.0 Å². The highest BCUT2D eigenvalue weighted by atomic mass is 32.1. The number of nitrogens with one attached hydrogen (secondary N) is 2. The van der Waals surface area contributed by atoms with Gasteiger partial charge in [0.05, 0.1) is 6.26 Å².